The zero-order valence-corrected chi connectivity index (χ0v) is 10.1. The summed E-state index contributed by atoms with van der Waals surface area (Å²) in [5.74, 6) is 0. The topological polar surface area (TPSA) is 55.2 Å². The summed E-state index contributed by atoms with van der Waals surface area (Å²) in [6.45, 7) is 2.78. The second kappa shape index (κ2) is 6.87. The number of rotatable bonds is 7. The molecule has 0 aliphatic heterocycles. The Bertz CT molecular complexity index is 278. The van der Waals surface area contributed by atoms with Crippen LogP contribution in [0.25, 0.3) is 0 Å². The van der Waals surface area contributed by atoms with Gasteiger partial charge in [-0.2, -0.15) is 0 Å². The molecule has 0 fully saturated rings. The lowest BCUT2D eigenvalue weighted by Crippen LogP contribution is -2.01. The third kappa shape index (κ3) is 3.85. The minimum absolute atomic E-state index is 0.429. The van der Waals surface area contributed by atoms with E-state index in [0.29, 0.717) is 13.0 Å². The van der Waals surface area contributed by atoms with Crippen LogP contribution in [0.3, 0.4) is 0 Å². The summed E-state index contributed by atoms with van der Waals surface area (Å²) >= 11 is 1.30. The lowest BCUT2D eigenvalue weighted by atomic mass is 10.1. The third-order valence-corrected chi connectivity index (χ3v) is 3.07. The fourth-order valence-electron chi connectivity index (χ4n) is 1.43. The van der Waals surface area contributed by atoms with Crippen LogP contribution in [0.5, 0.6) is 0 Å². The second-order valence-electron chi connectivity index (χ2n) is 3.48. The standard InChI is InChI=1S/C10H18N2O2S/c1-3-5-8-10(15-12-11-8)9(13)6-4-7-14-2/h9,13H,3-7H2,1-2H3. The van der Waals surface area contributed by atoms with Crippen molar-refractivity contribution in [2.45, 2.75) is 38.7 Å². The molecule has 1 heterocycles. The minimum Gasteiger partial charge on any atom is -0.387 e. The predicted octanol–water partition coefficient (Wildman–Crippen LogP) is 1.95. The van der Waals surface area contributed by atoms with Gasteiger partial charge >= 0.3 is 0 Å². The van der Waals surface area contributed by atoms with Crippen LogP contribution < -0.4 is 0 Å². The van der Waals surface area contributed by atoms with Crippen LogP contribution in [-0.4, -0.2) is 28.4 Å². The lowest BCUT2D eigenvalue weighted by molar-refractivity contribution is 0.138. The molecule has 1 atom stereocenters. The first-order chi connectivity index (χ1) is 7.29. The molecule has 1 rings (SSSR count). The van der Waals surface area contributed by atoms with Crippen LogP contribution in [0.1, 0.15) is 42.9 Å². The van der Waals surface area contributed by atoms with E-state index in [4.69, 9.17) is 4.74 Å². The van der Waals surface area contributed by atoms with Crippen molar-refractivity contribution in [3.05, 3.63) is 10.6 Å². The Morgan fingerprint density at radius 3 is 3.00 bits per heavy atom. The van der Waals surface area contributed by atoms with Gasteiger partial charge in [0.25, 0.3) is 0 Å². The fourth-order valence-corrected chi connectivity index (χ4v) is 2.15. The Kier molecular flexibility index (Phi) is 5.75. The lowest BCUT2D eigenvalue weighted by Gasteiger charge is -2.08. The maximum atomic E-state index is 9.92. The maximum Gasteiger partial charge on any atom is 0.0917 e. The van der Waals surface area contributed by atoms with E-state index in [1.54, 1.807) is 7.11 Å². The normalized spacial score (nSPS) is 13.0. The molecular weight excluding hydrogens is 212 g/mol. The first-order valence-electron chi connectivity index (χ1n) is 5.27. The van der Waals surface area contributed by atoms with Gasteiger partial charge in [-0.3, -0.25) is 0 Å². The Morgan fingerprint density at radius 2 is 2.33 bits per heavy atom. The number of nitrogens with zero attached hydrogens (tertiary/aromatic N) is 2. The summed E-state index contributed by atoms with van der Waals surface area (Å²) in [6.07, 6.45) is 3.08. The number of hydrogen-bond donors (Lipinski definition) is 1. The zero-order chi connectivity index (χ0) is 11.1. The van der Waals surface area contributed by atoms with Gasteiger partial charge in [0.05, 0.1) is 16.7 Å². The van der Waals surface area contributed by atoms with Gasteiger partial charge in [0.2, 0.25) is 0 Å². The van der Waals surface area contributed by atoms with E-state index in [1.165, 1.54) is 11.5 Å². The van der Waals surface area contributed by atoms with Crippen LogP contribution in [0, 0.1) is 0 Å². The van der Waals surface area contributed by atoms with Gasteiger partial charge in [-0.05, 0) is 30.8 Å². The molecule has 0 aliphatic carbocycles. The Morgan fingerprint density at radius 1 is 1.53 bits per heavy atom. The van der Waals surface area contributed by atoms with Gasteiger partial charge in [0.15, 0.2) is 0 Å². The van der Waals surface area contributed by atoms with Crippen LogP contribution in [0.2, 0.25) is 0 Å². The molecule has 0 bridgehead atoms. The molecule has 1 N–H and O–H groups in total. The maximum absolute atomic E-state index is 9.92. The Hall–Kier alpha value is -0.520. The molecule has 0 aromatic carbocycles. The molecule has 1 unspecified atom stereocenters. The summed E-state index contributed by atoms with van der Waals surface area (Å²) in [7, 11) is 1.67. The average Bonchev–Trinajstić information content (AvgIpc) is 2.67. The van der Waals surface area contributed by atoms with Crippen LogP contribution in [-0.2, 0) is 11.2 Å². The van der Waals surface area contributed by atoms with Crippen molar-refractivity contribution in [3.63, 3.8) is 0 Å². The summed E-state index contributed by atoms with van der Waals surface area (Å²) < 4.78 is 8.84. The van der Waals surface area contributed by atoms with Gasteiger partial charge in [0.1, 0.15) is 0 Å². The highest BCUT2D eigenvalue weighted by Crippen LogP contribution is 2.24. The van der Waals surface area contributed by atoms with Crippen molar-refractivity contribution in [2.24, 2.45) is 0 Å². The molecule has 1 aromatic heterocycles. The molecule has 5 heteroatoms. The van der Waals surface area contributed by atoms with Crippen molar-refractivity contribution in [3.8, 4) is 0 Å². The van der Waals surface area contributed by atoms with E-state index >= 15 is 0 Å². The molecule has 86 valence electrons. The first kappa shape index (κ1) is 12.5. The first-order valence-corrected chi connectivity index (χ1v) is 6.05. The molecule has 4 nitrogen and oxygen atoms in total. The number of hydrogen-bond acceptors (Lipinski definition) is 5. The monoisotopic (exact) mass is 230 g/mol. The molecule has 0 saturated heterocycles. The number of ether oxygens (including phenoxy) is 1. The molecule has 0 radical (unpaired) electrons. The number of aromatic nitrogens is 2. The van der Waals surface area contributed by atoms with E-state index in [9.17, 15) is 5.11 Å². The highest BCUT2D eigenvalue weighted by molar-refractivity contribution is 7.05. The number of aryl methyl sites for hydroxylation is 1. The van der Waals surface area contributed by atoms with Gasteiger partial charge in [-0.25, -0.2) is 0 Å². The van der Waals surface area contributed by atoms with E-state index < -0.39 is 6.10 Å². The molecule has 0 aliphatic rings. The quantitative estimate of drug-likeness (QED) is 0.727. The highest BCUT2D eigenvalue weighted by atomic mass is 32.1. The number of aliphatic hydroxyl groups excluding tert-OH is 1. The van der Waals surface area contributed by atoms with Crippen molar-refractivity contribution in [2.75, 3.05) is 13.7 Å². The highest BCUT2D eigenvalue weighted by Gasteiger charge is 2.15. The molecule has 1 aromatic rings. The van der Waals surface area contributed by atoms with Gasteiger partial charge in [-0.1, -0.05) is 17.8 Å². The van der Waals surface area contributed by atoms with E-state index in [-0.39, 0.29) is 0 Å². The van der Waals surface area contributed by atoms with Crippen molar-refractivity contribution in [1.82, 2.24) is 9.59 Å². The Balaban J connectivity index is 2.48. The summed E-state index contributed by atoms with van der Waals surface area (Å²) in [4.78, 5) is 0.924. The van der Waals surface area contributed by atoms with E-state index in [2.05, 4.69) is 16.5 Å². The SMILES string of the molecule is CCCc1nnsc1C(O)CCCOC. The summed E-state index contributed by atoms with van der Waals surface area (Å²) in [5, 5.41) is 14.0. The smallest absolute Gasteiger partial charge is 0.0917 e. The van der Waals surface area contributed by atoms with Crippen LogP contribution >= 0.6 is 11.5 Å². The number of aliphatic hydroxyl groups is 1. The molecular formula is C10H18N2O2S. The summed E-state index contributed by atoms with van der Waals surface area (Å²) in [6, 6.07) is 0. The van der Waals surface area contributed by atoms with Crippen molar-refractivity contribution < 1.29 is 9.84 Å². The second-order valence-corrected chi connectivity index (χ2v) is 4.27. The third-order valence-electron chi connectivity index (χ3n) is 2.20. The largest absolute Gasteiger partial charge is 0.387 e. The van der Waals surface area contributed by atoms with Crippen LogP contribution in [0.15, 0.2) is 0 Å². The fraction of sp³-hybridized carbons (Fsp3) is 0.800. The average molecular weight is 230 g/mol. The van der Waals surface area contributed by atoms with Crippen molar-refractivity contribution in [1.29, 1.82) is 0 Å². The van der Waals surface area contributed by atoms with E-state index in [1.807, 2.05) is 0 Å². The minimum atomic E-state index is -0.429. The van der Waals surface area contributed by atoms with Gasteiger partial charge < -0.3 is 9.84 Å². The van der Waals surface area contributed by atoms with Crippen LogP contribution in [0.4, 0.5) is 0 Å². The molecule has 0 spiro atoms. The van der Waals surface area contributed by atoms with E-state index in [0.717, 1.165) is 29.8 Å². The molecule has 0 saturated carbocycles. The molecule has 0 amide bonds. The van der Waals surface area contributed by atoms with Gasteiger partial charge in [-0.15, -0.1) is 5.10 Å². The predicted molar refractivity (Wildman–Crippen MR) is 60.0 cm³/mol. The zero-order valence-electron chi connectivity index (χ0n) is 9.27. The van der Waals surface area contributed by atoms with Gasteiger partial charge in [0, 0.05) is 13.7 Å². The number of methoxy groups -OCH3 is 1. The molecule has 15 heavy (non-hydrogen) atoms. The Labute approximate surface area is 94.4 Å². The summed E-state index contributed by atoms with van der Waals surface area (Å²) in [5.41, 5.74) is 0.951. The van der Waals surface area contributed by atoms with Crippen molar-refractivity contribution >= 4 is 11.5 Å².